The molecule has 2 aromatic rings. The van der Waals surface area contributed by atoms with Gasteiger partial charge < -0.3 is 10.1 Å². The standard InChI is InChI=1S/C19H23NO/c1-2-5-15-8-10-17(11-9-15)20-14-16-12-13-21-19-7-4-3-6-18(16)19/h3-4,6-11,16,20H,2,5,12-14H2,1H3. The van der Waals surface area contributed by atoms with Gasteiger partial charge in [-0.15, -0.1) is 0 Å². The molecule has 1 N–H and O–H groups in total. The molecule has 0 saturated carbocycles. The van der Waals surface area contributed by atoms with E-state index in [9.17, 15) is 0 Å². The Morgan fingerprint density at radius 3 is 2.71 bits per heavy atom. The molecule has 0 aromatic heterocycles. The van der Waals surface area contributed by atoms with Crippen LogP contribution in [-0.2, 0) is 6.42 Å². The fraction of sp³-hybridized carbons (Fsp3) is 0.368. The topological polar surface area (TPSA) is 21.3 Å². The minimum atomic E-state index is 0.533. The summed E-state index contributed by atoms with van der Waals surface area (Å²) in [5, 5.41) is 3.57. The van der Waals surface area contributed by atoms with Gasteiger partial charge >= 0.3 is 0 Å². The van der Waals surface area contributed by atoms with Crippen molar-refractivity contribution in [3.63, 3.8) is 0 Å². The Labute approximate surface area is 127 Å². The van der Waals surface area contributed by atoms with Crippen molar-refractivity contribution < 1.29 is 4.74 Å². The molecule has 2 aromatic carbocycles. The largest absolute Gasteiger partial charge is 0.493 e. The van der Waals surface area contributed by atoms with Crippen molar-refractivity contribution >= 4 is 5.69 Å². The lowest BCUT2D eigenvalue weighted by atomic mass is 9.93. The number of aryl methyl sites for hydroxylation is 1. The van der Waals surface area contributed by atoms with Crippen LogP contribution in [0.2, 0.25) is 0 Å². The highest BCUT2D eigenvalue weighted by atomic mass is 16.5. The van der Waals surface area contributed by atoms with Crippen LogP contribution in [0.5, 0.6) is 5.75 Å². The fourth-order valence-electron chi connectivity index (χ4n) is 2.95. The zero-order valence-corrected chi connectivity index (χ0v) is 12.6. The second kappa shape index (κ2) is 6.66. The zero-order valence-electron chi connectivity index (χ0n) is 12.6. The molecule has 1 aliphatic rings. The normalized spacial score (nSPS) is 16.9. The lowest BCUT2D eigenvalue weighted by Gasteiger charge is -2.26. The zero-order chi connectivity index (χ0) is 14.5. The summed E-state index contributed by atoms with van der Waals surface area (Å²) >= 11 is 0. The Morgan fingerprint density at radius 2 is 1.90 bits per heavy atom. The highest BCUT2D eigenvalue weighted by molar-refractivity contribution is 5.46. The van der Waals surface area contributed by atoms with Crippen molar-refractivity contribution in [2.24, 2.45) is 0 Å². The van der Waals surface area contributed by atoms with Gasteiger partial charge in [-0.25, -0.2) is 0 Å². The van der Waals surface area contributed by atoms with Crippen LogP contribution in [0, 0.1) is 0 Å². The first-order valence-electron chi connectivity index (χ1n) is 7.91. The molecule has 2 heteroatoms. The molecule has 0 amide bonds. The van der Waals surface area contributed by atoms with Gasteiger partial charge in [0.25, 0.3) is 0 Å². The number of para-hydroxylation sites is 1. The van der Waals surface area contributed by atoms with Crippen LogP contribution in [-0.4, -0.2) is 13.2 Å². The lowest BCUT2D eigenvalue weighted by molar-refractivity contribution is 0.270. The summed E-state index contributed by atoms with van der Waals surface area (Å²) in [6.07, 6.45) is 3.44. The predicted octanol–water partition coefficient (Wildman–Crippen LogP) is 4.62. The Hall–Kier alpha value is -1.96. The van der Waals surface area contributed by atoms with Gasteiger partial charge in [0.15, 0.2) is 0 Å². The van der Waals surface area contributed by atoms with Crippen molar-refractivity contribution in [3.05, 3.63) is 59.7 Å². The van der Waals surface area contributed by atoms with E-state index < -0.39 is 0 Å². The third-order valence-corrected chi connectivity index (χ3v) is 4.13. The summed E-state index contributed by atoms with van der Waals surface area (Å²) in [6, 6.07) is 17.2. The smallest absolute Gasteiger partial charge is 0.122 e. The van der Waals surface area contributed by atoms with Crippen LogP contribution in [0.4, 0.5) is 5.69 Å². The number of nitrogens with one attached hydrogen (secondary N) is 1. The van der Waals surface area contributed by atoms with Crippen LogP contribution in [0.1, 0.15) is 36.8 Å². The van der Waals surface area contributed by atoms with Crippen molar-refractivity contribution in [2.45, 2.75) is 32.1 Å². The Bertz CT molecular complexity index is 576. The number of benzene rings is 2. The minimum absolute atomic E-state index is 0.533. The molecule has 0 spiro atoms. The molecule has 1 heterocycles. The molecule has 0 bridgehead atoms. The third-order valence-electron chi connectivity index (χ3n) is 4.13. The van der Waals surface area contributed by atoms with Gasteiger partial charge in [0.2, 0.25) is 0 Å². The van der Waals surface area contributed by atoms with Gasteiger partial charge in [-0.05, 0) is 42.2 Å². The maximum absolute atomic E-state index is 5.72. The molecule has 0 fully saturated rings. The summed E-state index contributed by atoms with van der Waals surface area (Å²) in [5.74, 6) is 1.58. The summed E-state index contributed by atoms with van der Waals surface area (Å²) in [7, 11) is 0. The number of hydrogen-bond acceptors (Lipinski definition) is 2. The Kier molecular flexibility index (Phi) is 4.44. The number of fused-ring (bicyclic) bond motifs is 1. The van der Waals surface area contributed by atoms with E-state index in [0.717, 1.165) is 31.7 Å². The Balaban J connectivity index is 1.63. The lowest BCUT2D eigenvalue weighted by Crippen LogP contribution is -2.20. The first-order chi connectivity index (χ1) is 10.4. The SMILES string of the molecule is CCCc1ccc(NCC2CCOc3ccccc32)cc1. The second-order valence-electron chi connectivity index (χ2n) is 5.70. The average molecular weight is 281 g/mol. The van der Waals surface area contributed by atoms with Crippen LogP contribution < -0.4 is 10.1 Å². The molecule has 21 heavy (non-hydrogen) atoms. The highest BCUT2D eigenvalue weighted by Gasteiger charge is 2.20. The number of ether oxygens (including phenoxy) is 1. The highest BCUT2D eigenvalue weighted by Crippen LogP contribution is 2.33. The van der Waals surface area contributed by atoms with Gasteiger partial charge in [0, 0.05) is 18.2 Å². The monoisotopic (exact) mass is 281 g/mol. The van der Waals surface area contributed by atoms with E-state index >= 15 is 0 Å². The Morgan fingerprint density at radius 1 is 1.10 bits per heavy atom. The van der Waals surface area contributed by atoms with E-state index in [4.69, 9.17) is 4.74 Å². The minimum Gasteiger partial charge on any atom is -0.493 e. The van der Waals surface area contributed by atoms with Gasteiger partial charge in [-0.1, -0.05) is 43.7 Å². The molecular formula is C19H23NO. The van der Waals surface area contributed by atoms with E-state index in [1.54, 1.807) is 0 Å². The van der Waals surface area contributed by atoms with Crippen molar-refractivity contribution in [3.8, 4) is 5.75 Å². The molecule has 2 nitrogen and oxygen atoms in total. The molecule has 0 saturated heterocycles. The quantitative estimate of drug-likeness (QED) is 0.863. The van der Waals surface area contributed by atoms with Crippen LogP contribution in [0.15, 0.2) is 48.5 Å². The van der Waals surface area contributed by atoms with Gasteiger partial charge in [-0.2, -0.15) is 0 Å². The summed E-state index contributed by atoms with van der Waals surface area (Å²) < 4.78 is 5.72. The molecular weight excluding hydrogens is 258 g/mol. The van der Waals surface area contributed by atoms with Crippen LogP contribution in [0.25, 0.3) is 0 Å². The molecule has 1 atom stereocenters. The van der Waals surface area contributed by atoms with E-state index in [-0.39, 0.29) is 0 Å². The molecule has 0 aliphatic carbocycles. The summed E-state index contributed by atoms with van der Waals surface area (Å²) in [4.78, 5) is 0. The third kappa shape index (κ3) is 3.38. The molecule has 0 radical (unpaired) electrons. The van der Waals surface area contributed by atoms with Gasteiger partial charge in [-0.3, -0.25) is 0 Å². The number of hydrogen-bond donors (Lipinski definition) is 1. The molecule has 1 aliphatic heterocycles. The van der Waals surface area contributed by atoms with Crippen molar-refractivity contribution in [1.29, 1.82) is 0 Å². The van der Waals surface area contributed by atoms with Crippen LogP contribution >= 0.6 is 0 Å². The molecule has 110 valence electrons. The predicted molar refractivity (Wildman–Crippen MR) is 88.2 cm³/mol. The molecule has 1 unspecified atom stereocenters. The van der Waals surface area contributed by atoms with E-state index in [0.29, 0.717) is 5.92 Å². The molecule has 3 rings (SSSR count). The van der Waals surface area contributed by atoms with Crippen molar-refractivity contribution in [2.75, 3.05) is 18.5 Å². The maximum Gasteiger partial charge on any atom is 0.122 e. The first-order valence-corrected chi connectivity index (χ1v) is 7.91. The summed E-state index contributed by atoms with van der Waals surface area (Å²) in [5.41, 5.74) is 3.96. The fourth-order valence-corrected chi connectivity index (χ4v) is 2.95. The summed E-state index contributed by atoms with van der Waals surface area (Å²) in [6.45, 7) is 4.00. The first kappa shape index (κ1) is 14.0. The number of anilines is 1. The van der Waals surface area contributed by atoms with Crippen molar-refractivity contribution in [1.82, 2.24) is 0 Å². The van der Waals surface area contributed by atoms with Gasteiger partial charge in [0.1, 0.15) is 5.75 Å². The van der Waals surface area contributed by atoms with E-state index in [1.807, 2.05) is 6.07 Å². The number of rotatable bonds is 5. The average Bonchev–Trinajstić information content (AvgIpc) is 2.54. The van der Waals surface area contributed by atoms with E-state index in [1.165, 1.54) is 23.2 Å². The van der Waals surface area contributed by atoms with Crippen LogP contribution in [0.3, 0.4) is 0 Å². The maximum atomic E-state index is 5.72. The second-order valence-corrected chi connectivity index (χ2v) is 5.70. The van der Waals surface area contributed by atoms with Gasteiger partial charge in [0.05, 0.1) is 6.61 Å². The van der Waals surface area contributed by atoms with E-state index in [2.05, 4.69) is 54.7 Å².